The van der Waals surface area contributed by atoms with Crippen LogP contribution in [0.3, 0.4) is 0 Å². The lowest BCUT2D eigenvalue weighted by Crippen LogP contribution is -2.40. The fourth-order valence-corrected chi connectivity index (χ4v) is 6.65. The maximum Gasteiger partial charge on any atom is 0.326 e. The number of amides is 1. The Balaban J connectivity index is 1.32. The van der Waals surface area contributed by atoms with Gasteiger partial charge in [0.1, 0.15) is 11.9 Å². The van der Waals surface area contributed by atoms with Crippen LogP contribution in [0.25, 0.3) is 0 Å². The Labute approximate surface area is 168 Å². The van der Waals surface area contributed by atoms with E-state index in [-0.39, 0.29) is 17.7 Å². The molecular formula is C22H25F2NO4. The maximum atomic E-state index is 14.7. The number of carboxylic acid groups (broad SMARTS) is 1. The summed E-state index contributed by atoms with van der Waals surface area (Å²) in [6.07, 6.45) is 6.82. The fourth-order valence-electron chi connectivity index (χ4n) is 6.65. The van der Waals surface area contributed by atoms with Gasteiger partial charge >= 0.3 is 5.97 Å². The van der Waals surface area contributed by atoms with Crippen LogP contribution in [-0.2, 0) is 4.79 Å². The van der Waals surface area contributed by atoms with Gasteiger partial charge in [0, 0.05) is 18.0 Å². The number of ether oxygens (including phenoxy) is 1. The predicted molar refractivity (Wildman–Crippen MR) is 99.5 cm³/mol. The van der Waals surface area contributed by atoms with Gasteiger partial charge in [-0.3, -0.25) is 4.79 Å². The monoisotopic (exact) mass is 405 g/mol. The van der Waals surface area contributed by atoms with Crippen molar-refractivity contribution in [3.05, 3.63) is 29.3 Å². The molecule has 0 aromatic heterocycles. The molecule has 1 heterocycles. The van der Waals surface area contributed by atoms with Gasteiger partial charge in [-0.2, -0.15) is 0 Å². The first-order valence-corrected chi connectivity index (χ1v) is 10.5. The minimum absolute atomic E-state index is 0.0925. The van der Waals surface area contributed by atoms with Crippen molar-refractivity contribution in [3.8, 4) is 5.75 Å². The van der Waals surface area contributed by atoms with Crippen molar-refractivity contribution in [1.82, 2.24) is 4.90 Å². The number of nitrogens with zero attached hydrogens (tertiary/aromatic N) is 1. The van der Waals surface area contributed by atoms with Crippen LogP contribution in [0.4, 0.5) is 8.78 Å². The number of carbonyl (C=O) groups is 2. The molecule has 1 N–H and O–H groups in total. The molecule has 1 aromatic carbocycles. The van der Waals surface area contributed by atoms with Crippen molar-refractivity contribution in [3.63, 3.8) is 0 Å². The zero-order valence-corrected chi connectivity index (χ0v) is 16.2. The van der Waals surface area contributed by atoms with Crippen LogP contribution in [0.2, 0.25) is 0 Å². The van der Waals surface area contributed by atoms with Crippen LogP contribution < -0.4 is 4.74 Å². The van der Waals surface area contributed by atoms with Crippen molar-refractivity contribution in [2.24, 2.45) is 23.2 Å². The molecule has 1 saturated heterocycles. The van der Waals surface area contributed by atoms with Gasteiger partial charge in [-0.15, -0.1) is 0 Å². The second kappa shape index (κ2) is 6.67. The van der Waals surface area contributed by atoms with Gasteiger partial charge in [0.2, 0.25) is 0 Å². The van der Waals surface area contributed by atoms with Crippen molar-refractivity contribution < 1.29 is 28.2 Å². The molecule has 1 amide bonds. The summed E-state index contributed by atoms with van der Waals surface area (Å²) in [6.45, 7) is 0.614. The number of halogens is 2. The van der Waals surface area contributed by atoms with E-state index in [4.69, 9.17) is 4.74 Å². The number of hydrogen-bond donors (Lipinski definition) is 1. The normalized spacial score (nSPS) is 34.8. The lowest BCUT2D eigenvalue weighted by Gasteiger charge is -2.32. The second-order valence-corrected chi connectivity index (χ2v) is 9.45. The molecule has 4 saturated carbocycles. The SMILES string of the molecule is O=C(O)[C@@H]1CCCN1C(=O)c1cc(F)c(OCC23CC4CC(CC2C4)C3)cc1F. The van der Waals surface area contributed by atoms with E-state index < -0.39 is 35.1 Å². The summed E-state index contributed by atoms with van der Waals surface area (Å²) in [5.74, 6) is -1.62. The van der Waals surface area contributed by atoms with Gasteiger partial charge in [-0.25, -0.2) is 13.6 Å². The molecule has 156 valence electrons. The molecule has 29 heavy (non-hydrogen) atoms. The van der Waals surface area contributed by atoms with Crippen LogP contribution in [0.1, 0.15) is 55.3 Å². The Kier molecular flexibility index (Phi) is 4.33. The Morgan fingerprint density at radius 3 is 2.55 bits per heavy atom. The zero-order valence-electron chi connectivity index (χ0n) is 16.2. The van der Waals surface area contributed by atoms with E-state index in [1.165, 1.54) is 19.3 Å². The summed E-state index contributed by atoms with van der Waals surface area (Å²) >= 11 is 0. The molecule has 1 aromatic rings. The molecule has 1 aliphatic heterocycles. The maximum absolute atomic E-state index is 14.7. The third-order valence-corrected chi connectivity index (χ3v) is 7.72. The number of carboxylic acids is 1. The number of benzene rings is 1. The Morgan fingerprint density at radius 1 is 1.14 bits per heavy atom. The summed E-state index contributed by atoms with van der Waals surface area (Å²) in [5, 5.41) is 9.24. The highest BCUT2D eigenvalue weighted by Gasteiger charge is 2.58. The number of aliphatic carboxylic acids is 1. The summed E-state index contributed by atoms with van der Waals surface area (Å²) in [5.41, 5.74) is -0.350. The van der Waals surface area contributed by atoms with Gasteiger partial charge in [0.05, 0.1) is 12.2 Å². The highest BCUT2D eigenvalue weighted by atomic mass is 19.1. The van der Waals surface area contributed by atoms with E-state index >= 15 is 0 Å². The lowest BCUT2D eigenvalue weighted by atomic mass is 9.76. The molecule has 7 heteroatoms. The summed E-state index contributed by atoms with van der Waals surface area (Å²) < 4.78 is 35.1. The van der Waals surface area contributed by atoms with Crippen LogP contribution in [0.5, 0.6) is 5.75 Å². The van der Waals surface area contributed by atoms with E-state index in [1.807, 2.05) is 0 Å². The minimum atomic E-state index is -1.13. The first-order chi connectivity index (χ1) is 13.9. The van der Waals surface area contributed by atoms with E-state index in [0.29, 0.717) is 25.4 Å². The van der Waals surface area contributed by atoms with Crippen molar-refractivity contribution in [1.29, 1.82) is 0 Å². The van der Waals surface area contributed by atoms with Gasteiger partial charge in [0.25, 0.3) is 5.91 Å². The molecule has 4 bridgehead atoms. The molecular weight excluding hydrogens is 380 g/mol. The Hall–Kier alpha value is -2.18. The van der Waals surface area contributed by atoms with E-state index in [2.05, 4.69) is 0 Å². The lowest BCUT2D eigenvalue weighted by molar-refractivity contribution is -0.141. The van der Waals surface area contributed by atoms with Crippen LogP contribution in [0.15, 0.2) is 12.1 Å². The first kappa shape index (κ1) is 18.8. The molecule has 4 aliphatic carbocycles. The number of hydrogen-bond acceptors (Lipinski definition) is 3. The first-order valence-electron chi connectivity index (χ1n) is 10.5. The van der Waals surface area contributed by atoms with Crippen molar-refractivity contribution in [2.75, 3.05) is 13.2 Å². The van der Waals surface area contributed by atoms with Crippen LogP contribution in [-0.4, -0.2) is 41.1 Å². The van der Waals surface area contributed by atoms with Gasteiger partial charge < -0.3 is 14.7 Å². The minimum Gasteiger partial charge on any atom is -0.490 e. The largest absolute Gasteiger partial charge is 0.490 e. The van der Waals surface area contributed by atoms with E-state index in [1.54, 1.807) is 0 Å². The summed E-state index contributed by atoms with van der Waals surface area (Å²) in [6, 6.07) is 0.790. The van der Waals surface area contributed by atoms with Gasteiger partial charge in [0.15, 0.2) is 11.6 Å². The number of rotatable bonds is 5. The Morgan fingerprint density at radius 2 is 1.86 bits per heavy atom. The third-order valence-electron chi connectivity index (χ3n) is 7.72. The highest BCUT2D eigenvalue weighted by Crippen LogP contribution is 2.65. The average molecular weight is 405 g/mol. The zero-order chi connectivity index (χ0) is 20.3. The topological polar surface area (TPSA) is 66.8 Å². The number of likely N-dealkylation sites (tertiary alicyclic amines) is 1. The molecule has 5 nitrogen and oxygen atoms in total. The fraction of sp³-hybridized carbons (Fsp3) is 0.636. The molecule has 0 spiro atoms. The van der Waals surface area contributed by atoms with Gasteiger partial charge in [-0.05, 0) is 68.8 Å². The smallest absolute Gasteiger partial charge is 0.326 e. The molecule has 2 unspecified atom stereocenters. The highest BCUT2D eigenvalue weighted by molar-refractivity contribution is 5.97. The third kappa shape index (κ3) is 3.01. The summed E-state index contributed by atoms with van der Waals surface area (Å²) in [7, 11) is 0. The molecule has 3 atom stereocenters. The molecule has 0 radical (unpaired) electrons. The predicted octanol–water partition coefficient (Wildman–Crippen LogP) is 3.86. The van der Waals surface area contributed by atoms with E-state index in [0.717, 1.165) is 41.7 Å². The number of carbonyl (C=O) groups excluding carboxylic acids is 1. The van der Waals surface area contributed by atoms with Crippen LogP contribution >= 0.6 is 0 Å². The average Bonchev–Trinajstić information content (AvgIpc) is 3.32. The Bertz CT molecular complexity index is 859. The molecule has 5 fully saturated rings. The van der Waals surface area contributed by atoms with Crippen LogP contribution in [0, 0.1) is 34.8 Å². The van der Waals surface area contributed by atoms with Gasteiger partial charge in [-0.1, -0.05) is 0 Å². The molecule has 6 rings (SSSR count). The summed E-state index contributed by atoms with van der Waals surface area (Å²) in [4.78, 5) is 25.0. The standard InChI is InChI=1S/C22H25F2NO4/c23-16-8-19(29-11-22-9-12-4-13(10-22)6-14(22)5-12)17(24)7-15(16)20(26)25-3-1-2-18(25)21(27)28/h7-8,12-14,18H,1-6,9-11H2,(H,27,28)/t12?,13?,14?,18-,22?/m0/s1. The van der Waals surface area contributed by atoms with E-state index in [9.17, 15) is 23.5 Å². The van der Waals surface area contributed by atoms with Crippen molar-refractivity contribution in [2.45, 2.75) is 51.0 Å². The second-order valence-electron chi connectivity index (χ2n) is 9.45. The van der Waals surface area contributed by atoms with Crippen molar-refractivity contribution >= 4 is 11.9 Å². The molecule has 5 aliphatic rings. The quantitative estimate of drug-likeness (QED) is 0.808.